The highest BCUT2D eigenvalue weighted by Crippen LogP contribution is 2.27. The summed E-state index contributed by atoms with van der Waals surface area (Å²) in [5, 5.41) is 14.3. The van der Waals surface area contributed by atoms with Crippen molar-refractivity contribution in [1.29, 1.82) is 5.26 Å². The van der Waals surface area contributed by atoms with E-state index in [1.54, 1.807) is 50.6 Å². The van der Waals surface area contributed by atoms with Crippen LogP contribution in [0.3, 0.4) is 0 Å². The Morgan fingerprint density at radius 3 is 2.41 bits per heavy atom. The highest BCUT2D eigenvalue weighted by Gasteiger charge is 2.11. The second kappa shape index (κ2) is 10.4. The van der Waals surface area contributed by atoms with Gasteiger partial charge >= 0.3 is 0 Å². The third-order valence-corrected chi connectivity index (χ3v) is 4.03. The van der Waals surface area contributed by atoms with E-state index < -0.39 is 11.8 Å². The molecule has 0 heterocycles. The highest BCUT2D eigenvalue weighted by atomic mass is 16.5. The third kappa shape index (κ3) is 6.01. The number of nitriles is 1. The molecule has 4 N–H and O–H groups in total. The number of carbonyl (C=O) groups excluding carboxylic acids is 2. The first-order chi connectivity index (χ1) is 14.0. The molecular formula is C21H22N4O4. The monoisotopic (exact) mass is 394 g/mol. The van der Waals surface area contributed by atoms with Gasteiger partial charge in [0.1, 0.15) is 11.6 Å². The van der Waals surface area contributed by atoms with Crippen LogP contribution >= 0.6 is 0 Å². The van der Waals surface area contributed by atoms with Crippen LogP contribution in [0.2, 0.25) is 0 Å². The lowest BCUT2D eigenvalue weighted by Gasteiger charge is -2.10. The maximum Gasteiger partial charge on any atom is 0.263 e. The van der Waals surface area contributed by atoms with Gasteiger partial charge in [0.25, 0.3) is 11.8 Å². The Morgan fingerprint density at radius 1 is 1.10 bits per heavy atom. The molecule has 0 aliphatic carbocycles. The summed E-state index contributed by atoms with van der Waals surface area (Å²) in [6.07, 6.45) is 1.62. The lowest BCUT2D eigenvalue weighted by Crippen LogP contribution is -2.28. The average Bonchev–Trinajstić information content (AvgIpc) is 2.74. The van der Waals surface area contributed by atoms with Crippen molar-refractivity contribution in [2.75, 3.05) is 26.5 Å². The summed E-state index contributed by atoms with van der Waals surface area (Å²) in [6.45, 7) is 0.305. The Kier molecular flexibility index (Phi) is 7.62. The van der Waals surface area contributed by atoms with Crippen molar-refractivity contribution in [2.24, 2.45) is 0 Å². The third-order valence-electron chi connectivity index (χ3n) is 4.03. The van der Waals surface area contributed by atoms with Crippen molar-refractivity contribution in [3.63, 3.8) is 0 Å². The average molecular weight is 394 g/mol. The summed E-state index contributed by atoms with van der Waals surface area (Å²) in [4.78, 5) is 24.2. The first-order valence-electron chi connectivity index (χ1n) is 8.74. The molecule has 0 aliphatic rings. The van der Waals surface area contributed by atoms with Crippen molar-refractivity contribution in [3.8, 4) is 17.6 Å². The van der Waals surface area contributed by atoms with Gasteiger partial charge in [-0.15, -0.1) is 0 Å². The number of ether oxygens (including phenoxy) is 2. The number of nitrogens with zero attached hydrogens (tertiary/aromatic N) is 1. The van der Waals surface area contributed by atoms with Crippen LogP contribution < -0.4 is 25.8 Å². The fraction of sp³-hybridized carbons (Fsp3) is 0.190. The maximum absolute atomic E-state index is 12.2. The van der Waals surface area contributed by atoms with Crippen LogP contribution in [0.25, 0.3) is 0 Å². The number of nitrogens with one attached hydrogen (secondary N) is 2. The van der Waals surface area contributed by atoms with Gasteiger partial charge in [-0.2, -0.15) is 5.26 Å². The van der Waals surface area contributed by atoms with Crippen molar-refractivity contribution in [2.45, 2.75) is 6.42 Å². The van der Waals surface area contributed by atoms with Crippen molar-refractivity contribution >= 4 is 17.5 Å². The molecule has 29 heavy (non-hydrogen) atoms. The fourth-order valence-corrected chi connectivity index (χ4v) is 2.46. The van der Waals surface area contributed by atoms with E-state index in [0.29, 0.717) is 35.7 Å². The van der Waals surface area contributed by atoms with Crippen LogP contribution in [-0.4, -0.2) is 32.6 Å². The molecule has 8 nitrogen and oxygen atoms in total. The molecule has 2 aromatic carbocycles. The Morgan fingerprint density at radius 2 is 1.79 bits per heavy atom. The molecule has 0 spiro atoms. The van der Waals surface area contributed by atoms with E-state index in [-0.39, 0.29) is 5.57 Å². The zero-order valence-corrected chi connectivity index (χ0v) is 16.2. The first kappa shape index (κ1) is 21.3. The SMILES string of the molecule is COc1ccc(CCNC(=O)/C(C#N)=C\NC(=O)c2ccc(N)cc2)cc1OC. The molecule has 0 unspecified atom stereocenters. The number of anilines is 1. The number of carbonyl (C=O) groups is 2. The van der Waals surface area contributed by atoms with Crippen LogP contribution in [-0.2, 0) is 11.2 Å². The highest BCUT2D eigenvalue weighted by molar-refractivity contribution is 5.99. The number of hydrogen-bond donors (Lipinski definition) is 3. The molecule has 2 aromatic rings. The summed E-state index contributed by atoms with van der Waals surface area (Å²) in [5.41, 5.74) is 7.20. The van der Waals surface area contributed by atoms with Crippen LogP contribution in [0.15, 0.2) is 54.2 Å². The van der Waals surface area contributed by atoms with E-state index >= 15 is 0 Å². The minimum atomic E-state index is -0.578. The normalized spacial score (nSPS) is 10.6. The molecule has 2 amide bonds. The van der Waals surface area contributed by atoms with E-state index in [0.717, 1.165) is 11.8 Å². The van der Waals surface area contributed by atoms with Gasteiger partial charge in [0.2, 0.25) is 0 Å². The maximum atomic E-state index is 12.2. The molecule has 0 atom stereocenters. The van der Waals surface area contributed by atoms with Gasteiger partial charge in [-0.3, -0.25) is 9.59 Å². The minimum Gasteiger partial charge on any atom is -0.493 e. The zero-order chi connectivity index (χ0) is 21.2. The van der Waals surface area contributed by atoms with Gasteiger partial charge in [-0.05, 0) is 48.4 Å². The predicted molar refractivity (Wildman–Crippen MR) is 108 cm³/mol. The molecule has 8 heteroatoms. The first-order valence-corrected chi connectivity index (χ1v) is 8.74. The molecule has 0 saturated heterocycles. The standard InChI is InChI=1S/C21H22N4O4/c1-28-18-8-3-14(11-19(18)29-2)9-10-24-21(27)16(12-22)13-25-20(26)15-4-6-17(23)7-5-15/h3-8,11,13H,9-10,23H2,1-2H3,(H,24,27)(H,25,26)/b16-13-. The minimum absolute atomic E-state index is 0.207. The van der Waals surface area contributed by atoms with Crippen LogP contribution in [0.5, 0.6) is 11.5 Å². The molecule has 150 valence electrons. The molecule has 2 rings (SSSR count). The fourth-order valence-electron chi connectivity index (χ4n) is 2.46. The molecule has 0 fully saturated rings. The summed E-state index contributed by atoms with van der Waals surface area (Å²) in [7, 11) is 3.10. The van der Waals surface area contributed by atoms with Gasteiger partial charge in [0, 0.05) is 24.0 Å². The summed E-state index contributed by atoms with van der Waals surface area (Å²) in [5.74, 6) is 0.188. The zero-order valence-electron chi connectivity index (χ0n) is 16.2. The van der Waals surface area contributed by atoms with Crippen LogP contribution in [0, 0.1) is 11.3 Å². The summed E-state index contributed by atoms with van der Waals surface area (Å²) in [6, 6.07) is 13.5. The number of nitrogen functional groups attached to an aromatic ring is 1. The van der Waals surface area contributed by atoms with Gasteiger partial charge in [0.15, 0.2) is 11.5 Å². The van der Waals surface area contributed by atoms with Crippen molar-refractivity contribution < 1.29 is 19.1 Å². The molecule has 0 bridgehead atoms. The number of nitrogens with two attached hydrogens (primary N) is 1. The molecule has 0 radical (unpaired) electrons. The van der Waals surface area contributed by atoms with Crippen molar-refractivity contribution in [3.05, 3.63) is 65.4 Å². The quantitative estimate of drug-likeness (QED) is 0.356. The van der Waals surface area contributed by atoms with Gasteiger partial charge in [-0.25, -0.2) is 0 Å². The summed E-state index contributed by atoms with van der Waals surface area (Å²) >= 11 is 0. The number of amides is 2. The van der Waals surface area contributed by atoms with E-state index in [4.69, 9.17) is 15.2 Å². The number of hydrogen-bond acceptors (Lipinski definition) is 6. The molecular weight excluding hydrogens is 372 g/mol. The van der Waals surface area contributed by atoms with Crippen molar-refractivity contribution in [1.82, 2.24) is 10.6 Å². The summed E-state index contributed by atoms with van der Waals surface area (Å²) < 4.78 is 10.4. The second-order valence-corrected chi connectivity index (χ2v) is 5.96. The Labute approximate surface area is 168 Å². The number of rotatable bonds is 8. The van der Waals surface area contributed by atoms with E-state index in [2.05, 4.69) is 10.6 Å². The molecule has 0 aromatic heterocycles. The van der Waals surface area contributed by atoms with E-state index in [1.165, 1.54) is 0 Å². The smallest absolute Gasteiger partial charge is 0.263 e. The topological polar surface area (TPSA) is 126 Å². The Balaban J connectivity index is 1.91. The lowest BCUT2D eigenvalue weighted by molar-refractivity contribution is -0.117. The molecule has 0 aliphatic heterocycles. The Hall–Kier alpha value is -3.99. The van der Waals surface area contributed by atoms with Gasteiger partial charge in [0.05, 0.1) is 14.2 Å². The van der Waals surface area contributed by atoms with Crippen LogP contribution in [0.1, 0.15) is 15.9 Å². The second-order valence-electron chi connectivity index (χ2n) is 5.96. The Bertz CT molecular complexity index is 946. The van der Waals surface area contributed by atoms with Gasteiger partial charge in [-0.1, -0.05) is 6.07 Å². The lowest BCUT2D eigenvalue weighted by atomic mass is 10.1. The van der Waals surface area contributed by atoms with E-state index in [9.17, 15) is 14.9 Å². The largest absolute Gasteiger partial charge is 0.493 e. The van der Waals surface area contributed by atoms with Crippen LogP contribution in [0.4, 0.5) is 5.69 Å². The number of methoxy groups -OCH3 is 2. The molecule has 0 saturated carbocycles. The van der Waals surface area contributed by atoms with Gasteiger partial charge < -0.3 is 25.8 Å². The predicted octanol–water partition coefficient (Wildman–Crippen LogP) is 1.78. The number of benzene rings is 2. The van der Waals surface area contributed by atoms with E-state index in [1.807, 2.05) is 12.1 Å².